The second-order valence-corrected chi connectivity index (χ2v) is 17.2. The molecule has 0 aliphatic carbocycles. The van der Waals surface area contributed by atoms with E-state index in [0.29, 0.717) is 19.4 Å². The number of amides is 4. The number of rotatable bonds is 21. The second-order valence-electron chi connectivity index (χ2n) is 16.0. The third-order valence-electron chi connectivity index (χ3n) is 10.9. The molecule has 1 aliphatic rings. The summed E-state index contributed by atoms with van der Waals surface area (Å²) < 4.78 is 6.03. The lowest BCUT2D eigenvalue weighted by Crippen LogP contribution is -2.59. The molecule has 2 aromatic carbocycles. The summed E-state index contributed by atoms with van der Waals surface area (Å²) in [5, 5.41) is 15.8. The van der Waals surface area contributed by atoms with Crippen LogP contribution in [0.4, 0.5) is 0 Å². The first kappa shape index (κ1) is 45.8. The van der Waals surface area contributed by atoms with Crippen LogP contribution in [-0.4, -0.2) is 114 Å². The van der Waals surface area contributed by atoms with Gasteiger partial charge in [0, 0.05) is 44.5 Å². The SMILES string of the molecule is CCC(C)C(C(CC(=O)N1CCCC1CCC(=O)N[C@H](Cc1ccccc1)Sc1ccc(O)cc1)OC)N(C)C(=O)C(NC(=O)C(C(C)C)N(C)C)C(C)C. The summed E-state index contributed by atoms with van der Waals surface area (Å²) in [4.78, 5) is 61.5. The maximum Gasteiger partial charge on any atom is 0.245 e. The van der Waals surface area contributed by atoms with E-state index in [0.717, 1.165) is 29.7 Å². The Hall–Kier alpha value is -3.61. The lowest BCUT2D eigenvalue weighted by atomic mass is 9.89. The molecule has 1 fully saturated rings. The van der Waals surface area contributed by atoms with Gasteiger partial charge in [-0.15, -0.1) is 11.8 Å². The molecule has 6 unspecified atom stereocenters. The molecule has 1 saturated heterocycles. The van der Waals surface area contributed by atoms with Crippen LogP contribution < -0.4 is 10.6 Å². The lowest BCUT2D eigenvalue weighted by Gasteiger charge is -2.40. The molecule has 0 aromatic heterocycles. The molecule has 2 aromatic rings. The number of phenols is 1. The van der Waals surface area contributed by atoms with Gasteiger partial charge in [0.15, 0.2) is 0 Å². The minimum atomic E-state index is -0.737. The van der Waals surface area contributed by atoms with Crippen molar-refractivity contribution in [1.82, 2.24) is 25.3 Å². The van der Waals surface area contributed by atoms with Crippen molar-refractivity contribution >= 4 is 35.4 Å². The van der Waals surface area contributed by atoms with Crippen molar-refractivity contribution in [1.29, 1.82) is 0 Å². The van der Waals surface area contributed by atoms with Crippen LogP contribution in [-0.2, 0) is 30.3 Å². The number of likely N-dealkylation sites (N-methyl/N-ethyl adjacent to an activating group) is 2. The maximum absolute atomic E-state index is 14.2. The standard InChI is InChI=1S/C43H67N5O6S/c1-11-30(6)41(47(9)43(53)39(28(2)3)45-42(52)40(29(4)5)46(7)8)35(54-10)27-38(51)48-25-15-18-32(48)19-24-36(50)44-37(26-31-16-13-12-14-17-31)55-34-22-20-33(49)21-23-34/h12-14,16-17,20-23,28-30,32,35,37,39-41,49H,11,15,18-19,24-27H2,1-10H3,(H,44,50)(H,45,52)/t30?,32?,35?,37-,39?,40?,41?/m0/s1. The molecule has 7 atom stereocenters. The Morgan fingerprint density at radius 3 is 2.16 bits per heavy atom. The predicted molar refractivity (Wildman–Crippen MR) is 221 cm³/mol. The van der Waals surface area contributed by atoms with Gasteiger partial charge in [0.1, 0.15) is 11.8 Å². The normalized spacial score (nSPS) is 17.8. The third-order valence-corrected chi connectivity index (χ3v) is 12.0. The first-order valence-electron chi connectivity index (χ1n) is 19.9. The average molecular weight is 782 g/mol. The Balaban J connectivity index is 1.69. The molecular weight excluding hydrogens is 715 g/mol. The van der Waals surface area contributed by atoms with E-state index in [1.807, 2.05) is 94.1 Å². The van der Waals surface area contributed by atoms with E-state index in [2.05, 4.69) is 24.5 Å². The van der Waals surface area contributed by atoms with Crippen LogP contribution in [0.1, 0.15) is 85.6 Å². The minimum Gasteiger partial charge on any atom is -0.508 e. The van der Waals surface area contributed by atoms with Crippen molar-refractivity contribution in [3.8, 4) is 5.75 Å². The number of likely N-dealkylation sites (tertiary alicyclic amines) is 1. The number of carbonyl (C=O) groups excluding carboxylic acids is 4. The zero-order valence-corrected chi connectivity index (χ0v) is 35.6. The Kier molecular flexibility index (Phi) is 18.5. The van der Waals surface area contributed by atoms with Crippen LogP contribution in [0.25, 0.3) is 0 Å². The van der Waals surface area contributed by atoms with Gasteiger partial charge >= 0.3 is 0 Å². The third kappa shape index (κ3) is 13.5. The average Bonchev–Trinajstić information content (AvgIpc) is 3.62. The number of thioether (sulfide) groups is 1. The highest BCUT2D eigenvalue weighted by Crippen LogP contribution is 2.29. The van der Waals surface area contributed by atoms with Crippen molar-refractivity contribution in [2.24, 2.45) is 17.8 Å². The van der Waals surface area contributed by atoms with E-state index >= 15 is 0 Å². The molecule has 306 valence electrons. The first-order chi connectivity index (χ1) is 26.1. The van der Waals surface area contributed by atoms with Crippen LogP contribution >= 0.6 is 11.8 Å². The number of benzene rings is 2. The van der Waals surface area contributed by atoms with E-state index in [-0.39, 0.29) is 77.4 Å². The molecule has 0 radical (unpaired) electrons. The molecular formula is C43H67N5O6S. The number of phenolic OH excluding ortho intramolecular Hbond substituents is 1. The summed E-state index contributed by atoms with van der Waals surface area (Å²) in [5.74, 6) is -0.401. The Morgan fingerprint density at radius 2 is 1.60 bits per heavy atom. The molecule has 12 heteroatoms. The van der Waals surface area contributed by atoms with Gasteiger partial charge in [0.05, 0.1) is 30.0 Å². The Bertz CT molecular complexity index is 1500. The minimum absolute atomic E-state index is 0.0155. The molecule has 11 nitrogen and oxygen atoms in total. The molecule has 3 N–H and O–H groups in total. The zero-order chi connectivity index (χ0) is 40.8. The van der Waals surface area contributed by atoms with Gasteiger partial charge in [-0.25, -0.2) is 0 Å². The quantitative estimate of drug-likeness (QED) is 0.105. The van der Waals surface area contributed by atoms with Crippen molar-refractivity contribution in [2.75, 3.05) is 34.8 Å². The number of methoxy groups -OCH3 is 1. The number of hydrogen-bond acceptors (Lipinski definition) is 8. The molecule has 1 aliphatic heterocycles. The Morgan fingerprint density at radius 1 is 0.945 bits per heavy atom. The molecule has 1 heterocycles. The predicted octanol–water partition coefficient (Wildman–Crippen LogP) is 5.95. The van der Waals surface area contributed by atoms with Gasteiger partial charge < -0.3 is 30.3 Å². The number of aromatic hydroxyl groups is 1. The van der Waals surface area contributed by atoms with Gasteiger partial charge in [-0.2, -0.15) is 0 Å². The number of carbonyl (C=O) groups is 4. The zero-order valence-electron chi connectivity index (χ0n) is 34.8. The summed E-state index contributed by atoms with van der Waals surface area (Å²) in [6.45, 7) is 12.6. The van der Waals surface area contributed by atoms with Crippen LogP contribution in [0, 0.1) is 17.8 Å². The van der Waals surface area contributed by atoms with Crippen molar-refractivity contribution < 1.29 is 29.0 Å². The highest BCUT2D eigenvalue weighted by molar-refractivity contribution is 8.00. The van der Waals surface area contributed by atoms with Crippen molar-refractivity contribution in [3.63, 3.8) is 0 Å². The van der Waals surface area contributed by atoms with E-state index in [4.69, 9.17) is 4.74 Å². The van der Waals surface area contributed by atoms with E-state index in [9.17, 15) is 24.3 Å². The fourth-order valence-corrected chi connectivity index (χ4v) is 8.86. The van der Waals surface area contributed by atoms with Crippen LogP contribution in [0.2, 0.25) is 0 Å². The van der Waals surface area contributed by atoms with Gasteiger partial charge in [-0.05, 0) is 80.9 Å². The Labute approximate surface area is 334 Å². The molecule has 0 saturated carbocycles. The summed E-state index contributed by atoms with van der Waals surface area (Å²) in [5.41, 5.74) is 1.11. The summed E-state index contributed by atoms with van der Waals surface area (Å²) in [6.07, 6.45) is 3.44. The summed E-state index contributed by atoms with van der Waals surface area (Å²) in [6, 6.07) is 15.4. The topological polar surface area (TPSA) is 132 Å². The number of ether oxygens (including phenoxy) is 1. The van der Waals surface area contributed by atoms with E-state index in [1.165, 1.54) is 0 Å². The fraction of sp³-hybridized carbons (Fsp3) is 0.628. The van der Waals surface area contributed by atoms with Crippen LogP contribution in [0.3, 0.4) is 0 Å². The fourth-order valence-electron chi connectivity index (χ4n) is 7.78. The van der Waals surface area contributed by atoms with Gasteiger partial charge in [0.2, 0.25) is 23.6 Å². The van der Waals surface area contributed by atoms with Crippen molar-refractivity contribution in [3.05, 3.63) is 60.2 Å². The van der Waals surface area contributed by atoms with Gasteiger partial charge in [-0.3, -0.25) is 24.1 Å². The van der Waals surface area contributed by atoms with E-state index < -0.39 is 18.2 Å². The second kappa shape index (κ2) is 22.2. The maximum atomic E-state index is 14.2. The number of nitrogens with zero attached hydrogens (tertiary/aromatic N) is 3. The highest BCUT2D eigenvalue weighted by Gasteiger charge is 2.40. The first-order valence-corrected chi connectivity index (χ1v) is 20.8. The van der Waals surface area contributed by atoms with Gasteiger partial charge in [-0.1, -0.05) is 78.3 Å². The van der Waals surface area contributed by atoms with Crippen LogP contribution in [0.15, 0.2) is 59.5 Å². The summed E-state index contributed by atoms with van der Waals surface area (Å²) in [7, 11) is 7.08. The number of nitrogens with one attached hydrogen (secondary N) is 2. The molecule has 55 heavy (non-hydrogen) atoms. The largest absolute Gasteiger partial charge is 0.508 e. The molecule has 0 bridgehead atoms. The monoisotopic (exact) mass is 781 g/mol. The molecule has 0 spiro atoms. The smallest absolute Gasteiger partial charge is 0.245 e. The summed E-state index contributed by atoms with van der Waals surface area (Å²) >= 11 is 1.54. The van der Waals surface area contributed by atoms with Gasteiger partial charge in [0.25, 0.3) is 0 Å². The van der Waals surface area contributed by atoms with Crippen LogP contribution in [0.5, 0.6) is 5.75 Å². The van der Waals surface area contributed by atoms with Crippen molar-refractivity contribution in [2.45, 2.75) is 127 Å². The highest BCUT2D eigenvalue weighted by atomic mass is 32.2. The number of hydrogen-bond donors (Lipinski definition) is 3. The van der Waals surface area contributed by atoms with E-state index in [1.54, 1.807) is 43.0 Å². The molecule has 4 amide bonds. The molecule has 3 rings (SSSR count). The lowest BCUT2D eigenvalue weighted by molar-refractivity contribution is -0.146.